The summed E-state index contributed by atoms with van der Waals surface area (Å²) in [5.74, 6) is -0.722. The van der Waals surface area contributed by atoms with Crippen LogP contribution in [-0.4, -0.2) is 53.1 Å². The molecule has 0 unspecified atom stereocenters. The van der Waals surface area contributed by atoms with Crippen LogP contribution in [0.4, 0.5) is 0 Å². The van der Waals surface area contributed by atoms with Gasteiger partial charge in [0.1, 0.15) is 11.5 Å². The van der Waals surface area contributed by atoms with Crippen molar-refractivity contribution in [2.45, 2.75) is 4.90 Å². The van der Waals surface area contributed by atoms with Crippen molar-refractivity contribution in [2.75, 3.05) is 26.4 Å². The van der Waals surface area contributed by atoms with Crippen LogP contribution in [0.15, 0.2) is 35.2 Å². The van der Waals surface area contributed by atoms with Gasteiger partial charge in [0.15, 0.2) is 11.6 Å². The van der Waals surface area contributed by atoms with Crippen molar-refractivity contribution >= 4 is 23.3 Å². The fourth-order valence-corrected chi connectivity index (χ4v) is 3.79. The van der Waals surface area contributed by atoms with E-state index < -0.39 is 11.6 Å². The van der Waals surface area contributed by atoms with Crippen molar-refractivity contribution in [1.29, 1.82) is 0 Å². The zero-order chi connectivity index (χ0) is 17.4. The molecule has 0 heterocycles. The Balaban J connectivity index is 2.08. The molecule has 0 bridgehead atoms. The van der Waals surface area contributed by atoms with E-state index in [0.29, 0.717) is 10.6 Å². The van der Waals surface area contributed by atoms with Gasteiger partial charge in [0, 0.05) is 23.4 Å². The monoisotopic (exact) mass is 343 g/mol. The number of ketones is 2. The van der Waals surface area contributed by atoms with E-state index in [1.807, 2.05) is 19.0 Å². The fourth-order valence-electron chi connectivity index (χ4n) is 2.68. The van der Waals surface area contributed by atoms with E-state index in [-0.39, 0.29) is 33.8 Å². The summed E-state index contributed by atoms with van der Waals surface area (Å²) in [6.07, 6.45) is 0. The van der Waals surface area contributed by atoms with Crippen LogP contribution in [0.5, 0.6) is 11.5 Å². The van der Waals surface area contributed by atoms with Crippen LogP contribution in [0, 0.1) is 0 Å². The second-order valence-corrected chi connectivity index (χ2v) is 6.98. The molecular weight excluding hydrogens is 326 g/mol. The Bertz CT molecular complexity index is 845. The van der Waals surface area contributed by atoms with Gasteiger partial charge in [-0.2, -0.15) is 0 Å². The molecule has 0 aromatic heterocycles. The molecular formula is C18H17NO4S. The summed E-state index contributed by atoms with van der Waals surface area (Å²) >= 11 is 1.33. The lowest BCUT2D eigenvalue weighted by Crippen LogP contribution is -2.21. The molecule has 2 aromatic rings. The third-order valence-corrected chi connectivity index (χ3v) is 4.92. The number of fused-ring (bicyclic) bond motifs is 2. The molecule has 0 fully saturated rings. The van der Waals surface area contributed by atoms with Crippen LogP contribution >= 0.6 is 11.8 Å². The third-order valence-electron chi connectivity index (χ3n) is 3.91. The van der Waals surface area contributed by atoms with E-state index in [1.165, 1.54) is 17.8 Å². The molecule has 1 aliphatic carbocycles. The maximum atomic E-state index is 12.7. The second-order valence-electron chi connectivity index (χ2n) is 5.85. The van der Waals surface area contributed by atoms with Crippen molar-refractivity contribution in [2.24, 2.45) is 0 Å². The molecule has 0 spiro atoms. The Morgan fingerprint density at radius 1 is 1.00 bits per heavy atom. The second kappa shape index (κ2) is 6.30. The lowest BCUT2D eigenvalue weighted by molar-refractivity contribution is 0.0973. The smallest absolute Gasteiger partial charge is 0.198 e. The summed E-state index contributed by atoms with van der Waals surface area (Å²) < 4.78 is 0. The van der Waals surface area contributed by atoms with E-state index in [0.717, 1.165) is 6.54 Å². The standard InChI is InChI=1S/C18H17NO4S/c1-19(2)7-8-24-13-9-12(20)14-15(18(13)23)17(22)11-6-4-3-5-10(11)16(14)21/h3-6,9,20,23H,7-8H2,1-2H3. The van der Waals surface area contributed by atoms with E-state index in [9.17, 15) is 19.8 Å². The summed E-state index contributed by atoms with van der Waals surface area (Å²) in [5, 5.41) is 20.8. The molecule has 6 heteroatoms. The highest BCUT2D eigenvalue weighted by atomic mass is 32.2. The Kier molecular flexibility index (Phi) is 4.34. The predicted molar refractivity (Wildman–Crippen MR) is 92.4 cm³/mol. The first-order valence-electron chi connectivity index (χ1n) is 7.46. The Hall–Kier alpha value is -2.31. The van der Waals surface area contributed by atoms with Crippen molar-refractivity contribution < 1.29 is 19.8 Å². The summed E-state index contributed by atoms with van der Waals surface area (Å²) in [6.45, 7) is 0.775. The van der Waals surface area contributed by atoms with Gasteiger partial charge < -0.3 is 15.1 Å². The first kappa shape index (κ1) is 16.5. The van der Waals surface area contributed by atoms with E-state index in [1.54, 1.807) is 24.3 Å². The highest BCUT2D eigenvalue weighted by molar-refractivity contribution is 7.99. The SMILES string of the molecule is CN(C)CCSc1cc(O)c2c(c1O)C(=O)c1ccccc1C2=O. The number of carbonyl (C=O) groups is 2. The Labute approximate surface area is 143 Å². The highest BCUT2D eigenvalue weighted by Crippen LogP contribution is 2.43. The van der Waals surface area contributed by atoms with Gasteiger partial charge in [-0.1, -0.05) is 24.3 Å². The van der Waals surface area contributed by atoms with Crippen LogP contribution in [0.25, 0.3) is 0 Å². The maximum Gasteiger partial charge on any atom is 0.198 e. The number of phenolic OH excluding ortho intramolecular Hbond substituents is 2. The van der Waals surface area contributed by atoms with Crippen molar-refractivity contribution in [3.05, 3.63) is 52.6 Å². The minimum absolute atomic E-state index is 0.106. The molecule has 1 aliphatic rings. The number of thioether (sulfide) groups is 1. The lowest BCUT2D eigenvalue weighted by atomic mass is 9.83. The summed E-state index contributed by atoms with van der Waals surface area (Å²) in [4.78, 5) is 27.7. The summed E-state index contributed by atoms with van der Waals surface area (Å²) in [6, 6.07) is 7.79. The summed E-state index contributed by atoms with van der Waals surface area (Å²) in [5.41, 5.74) is 0.275. The van der Waals surface area contributed by atoms with Crippen LogP contribution in [0.3, 0.4) is 0 Å². The number of rotatable bonds is 4. The van der Waals surface area contributed by atoms with Crippen LogP contribution in [0.2, 0.25) is 0 Å². The number of hydrogen-bond donors (Lipinski definition) is 2. The first-order chi connectivity index (χ1) is 11.4. The van der Waals surface area contributed by atoms with Gasteiger partial charge >= 0.3 is 0 Å². The molecule has 2 aromatic carbocycles. The first-order valence-corrected chi connectivity index (χ1v) is 8.45. The van der Waals surface area contributed by atoms with E-state index in [4.69, 9.17) is 0 Å². The molecule has 3 rings (SSSR count). The molecule has 0 saturated heterocycles. The topological polar surface area (TPSA) is 77.8 Å². The van der Waals surface area contributed by atoms with Gasteiger partial charge in [-0.3, -0.25) is 9.59 Å². The zero-order valence-electron chi connectivity index (χ0n) is 13.4. The minimum atomic E-state index is -0.446. The normalized spacial score (nSPS) is 13.1. The number of carbonyl (C=O) groups excluding carboxylic acids is 2. The van der Waals surface area contributed by atoms with Gasteiger partial charge in [0.05, 0.1) is 16.0 Å². The van der Waals surface area contributed by atoms with E-state index >= 15 is 0 Å². The molecule has 0 amide bonds. The van der Waals surface area contributed by atoms with Crippen molar-refractivity contribution in [3.63, 3.8) is 0 Å². The molecule has 124 valence electrons. The van der Waals surface area contributed by atoms with Crippen LogP contribution in [-0.2, 0) is 0 Å². The number of hydrogen-bond acceptors (Lipinski definition) is 6. The molecule has 24 heavy (non-hydrogen) atoms. The molecule has 0 aliphatic heterocycles. The average molecular weight is 343 g/mol. The Morgan fingerprint density at radius 2 is 1.58 bits per heavy atom. The lowest BCUT2D eigenvalue weighted by Gasteiger charge is -2.21. The van der Waals surface area contributed by atoms with Crippen LogP contribution in [0.1, 0.15) is 31.8 Å². The zero-order valence-corrected chi connectivity index (χ0v) is 14.2. The predicted octanol–water partition coefficient (Wildman–Crippen LogP) is 2.53. The van der Waals surface area contributed by atoms with Gasteiger partial charge in [-0.25, -0.2) is 0 Å². The molecule has 5 nitrogen and oxygen atoms in total. The van der Waals surface area contributed by atoms with Gasteiger partial charge in [0.25, 0.3) is 0 Å². The maximum absolute atomic E-state index is 12.7. The van der Waals surface area contributed by atoms with Gasteiger partial charge in [-0.05, 0) is 20.2 Å². The third kappa shape index (κ3) is 2.68. The number of phenols is 2. The molecule has 0 atom stereocenters. The highest BCUT2D eigenvalue weighted by Gasteiger charge is 2.35. The Morgan fingerprint density at radius 3 is 2.17 bits per heavy atom. The quantitative estimate of drug-likeness (QED) is 0.560. The number of benzene rings is 2. The number of aromatic hydroxyl groups is 2. The van der Waals surface area contributed by atoms with E-state index in [2.05, 4.69) is 0 Å². The molecule has 2 N–H and O–H groups in total. The molecule has 0 saturated carbocycles. The number of nitrogens with zero attached hydrogens (tertiary/aromatic N) is 1. The fraction of sp³-hybridized carbons (Fsp3) is 0.222. The largest absolute Gasteiger partial charge is 0.507 e. The average Bonchev–Trinajstić information content (AvgIpc) is 2.55. The van der Waals surface area contributed by atoms with Crippen LogP contribution < -0.4 is 0 Å². The van der Waals surface area contributed by atoms with Crippen molar-refractivity contribution in [1.82, 2.24) is 4.90 Å². The summed E-state index contributed by atoms with van der Waals surface area (Å²) in [7, 11) is 3.87. The van der Waals surface area contributed by atoms with Gasteiger partial charge in [-0.15, -0.1) is 11.8 Å². The van der Waals surface area contributed by atoms with Gasteiger partial charge in [0.2, 0.25) is 0 Å². The van der Waals surface area contributed by atoms with Crippen molar-refractivity contribution in [3.8, 4) is 11.5 Å². The minimum Gasteiger partial charge on any atom is -0.507 e. The molecule has 0 radical (unpaired) electrons.